The number of imidazole rings is 1. The Morgan fingerprint density at radius 1 is 1.29 bits per heavy atom. The molecular weight excluding hydrogens is 374 g/mol. The smallest absolute Gasteiger partial charge is 0.272 e. The van der Waals surface area contributed by atoms with Crippen molar-refractivity contribution < 1.29 is 9.90 Å². The molecule has 0 radical (unpaired) electrons. The number of rotatable bonds is 3. The van der Waals surface area contributed by atoms with Gasteiger partial charge in [-0.15, -0.1) is 11.3 Å². The molecule has 4 atom stereocenters. The molecule has 2 fully saturated rings. The zero-order valence-electron chi connectivity index (χ0n) is 15.7. The van der Waals surface area contributed by atoms with Crippen LogP contribution in [0.3, 0.4) is 0 Å². The van der Waals surface area contributed by atoms with Crippen molar-refractivity contribution in [2.45, 2.75) is 25.0 Å². The molecule has 5 rings (SSSR count). The highest BCUT2D eigenvalue weighted by Gasteiger charge is 2.44. The Labute approximate surface area is 167 Å². The van der Waals surface area contributed by atoms with Crippen molar-refractivity contribution in [3.8, 4) is 10.6 Å². The third kappa shape index (κ3) is 2.97. The van der Waals surface area contributed by atoms with Gasteiger partial charge in [0.2, 0.25) is 0 Å². The van der Waals surface area contributed by atoms with Crippen LogP contribution in [0.4, 0.5) is 0 Å². The van der Waals surface area contributed by atoms with Crippen molar-refractivity contribution in [3.63, 3.8) is 0 Å². The van der Waals surface area contributed by atoms with Gasteiger partial charge in [0.15, 0.2) is 0 Å². The summed E-state index contributed by atoms with van der Waals surface area (Å²) in [7, 11) is 1.83. The highest BCUT2D eigenvalue weighted by molar-refractivity contribution is 7.13. The first-order chi connectivity index (χ1) is 13.6. The largest absolute Gasteiger partial charge is 0.391 e. The van der Waals surface area contributed by atoms with Gasteiger partial charge in [-0.3, -0.25) is 9.48 Å². The summed E-state index contributed by atoms with van der Waals surface area (Å²) in [6.07, 6.45) is 6.63. The second-order valence-corrected chi connectivity index (χ2v) is 8.81. The zero-order valence-corrected chi connectivity index (χ0v) is 16.5. The second kappa shape index (κ2) is 6.86. The van der Waals surface area contributed by atoms with Crippen LogP contribution in [0.1, 0.15) is 29.4 Å². The number of fused-ring (bicyclic) bond motifs is 1. The van der Waals surface area contributed by atoms with Gasteiger partial charge in [-0.2, -0.15) is 5.10 Å². The van der Waals surface area contributed by atoms with E-state index in [0.29, 0.717) is 24.1 Å². The van der Waals surface area contributed by atoms with E-state index in [1.807, 2.05) is 46.3 Å². The molecule has 3 aromatic heterocycles. The summed E-state index contributed by atoms with van der Waals surface area (Å²) >= 11 is 1.62. The van der Waals surface area contributed by atoms with Crippen LogP contribution in [-0.2, 0) is 7.05 Å². The number of carbonyl (C=O) groups excluding carboxylic acids is 1. The standard InChI is InChI=1S/C20H23N5O2S/c1-23-17(9-15(22-23)19-3-2-6-28-19)20(27)25-10-13-7-16(24-5-4-21-12-24)18(26)8-14(13)11-25/h2-6,9,12-14,16,18,26H,7-8,10-11H2,1H3/t13-,14+,16-,18-/m1/s1. The lowest BCUT2D eigenvalue weighted by molar-refractivity contribution is 0.0357. The van der Waals surface area contributed by atoms with Crippen LogP contribution in [-0.4, -0.2) is 54.4 Å². The summed E-state index contributed by atoms with van der Waals surface area (Å²) in [4.78, 5) is 20.3. The van der Waals surface area contributed by atoms with E-state index in [-0.39, 0.29) is 11.9 Å². The molecule has 1 aliphatic heterocycles. The Kier molecular flexibility index (Phi) is 4.32. The van der Waals surface area contributed by atoms with E-state index in [1.165, 1.54) is 0 Å². The molecule has 0 aromatic carbocycles. The Bertz CT molecular complexity index is 965. The minimum absolute atomic E-state index is 0.0286. The van der Waals surface area contributed by atoms with Crippen molar-refractivity contribution in [2.24, 2.45) is 18.9 Å². The minimum atomic E-state index is -0.396. The molecule has 146 valence electrons. The Balaban J connectivity index is 1.33. The molecule has 2 aliphatic rings. The fourth-order valence-corrected chi connectivity index (χ4v) is 5.41. The molecule has 4 heterocycles. The average molecular weight is 398 g/mol. The summed E-state index contributed by atoms with van der Waals surface area (Å²) in [5.41, 5.74) is 1.46. The van der Waals surface area contributed by atoms with Gasteiger partial charge < -0.3 is 14.6 Å². The predicted molar refractivity (Wildman–Crippen MR) is 106 cm³/mol. The first kappa shape index (κ1) is 17.6. The first-order valence-electron chi connectivity index (χ1n) is 9.63. The molecule has 1 saturated heterocycles. The highest BCUT2D eigenvalue weighted by atomic mass is 32.1. The van der Waals surface area contributed by atoms with Gasteiger partial charge in [0.1, 0.15) is 11.4 Å². The number of aryl methyl sites for hydroxylation is 1. The molecule has 0 unspecified atom stereocenters. The molecule has 0 spiro atoms. The summed E-state index contributed by atoms with van der Waals surface area (Å²) in [5, 5.41) is 17.2. The molecule has 0 bridgehead atoms. The fraction of sp³-hybridized carbons (Fsp3) is 0.450. The lowest BCUT2D eigenvalue weighted by atomic mass is 9.77. The summed E-state index contributed by atoms with van der Waals surface area (Å²) < 4.78 is 3.68. The van der Waals surface area contributed by atoms with Crippen LogP contribution < -0.4 is 0 Å². The first-order valence-corrected chi connectivity index (χ1v) is 10.5. The van der Waals surface area contributed by atoms with Gasteiger partial charge in [0, 0.05) is 32.5 Å². The lowest BCUT2D eigenvalue weighted by Gasteiger charge is -2.35. The van der Waals surface area contributed by atoms with Crippen molar-refractivity contribution in [1.82, 2.24) is 24.2 Å². The van der Waals surface area contributed by atoms with E-state index in [0.717, 1.165) is 30.0 Å². The van der Waals surface area contributed by atoms with Crippen molar-refractivity contribution >= 4 is 17.2 Å². The summed E-state index contributed by atoms with van der Waals surface area (Å²) in [6.45, 7) is 1.44. The van der Waals surface area contributed by atoms with Crippen LogP contribution in [0.25, 0.3) is 10.6 Å². The van der Waals surface area contributed by atoms with Crippen molar-refractivity contribution in [2.75, 3.05) is 13.1 Å². The number of carbonyl (C=O) groups is 1. The van der Waals surface area contributed by atoms with Gasteiger partial charge in [0.05, 0.1) is 23.4 Å². The van der Waals surface area contributed by atoms with Gasteiger partial charge in [0.25, 0.3) is 5.91 Å². The summed E-state index contributed by atoms with van der Waals surface area (Å²) in [5.74, 6) is 0.786. The topological polar surface area (TPSA) is 76.2 Å². The number of likely N-dealkylation sites (tertiary alicyclic amines) is 1. The third-order valence-corrected chi connectivity index (χ3v) is 7.07. The molecular formula is C20H23N5O2S. The summed E-state index contributed by atoms with van der Waals surface area (Å²) in [6, 6.07) is 5.94. The highest BCUT2D eigenvalue weighted by Crippen LogP contribution is 2.41. The molecule has 8 heteroatoms. The molecule has 1 amide bonds. The number of aromatic nitrogens is 4. The van der Waals surface area contributed by atoms with Crippen LogP contribution in [0.5, 0.6) is 0 Å². The quantitative estimate of drug-likeness (QED) is 0.736. The lowest BCUT2D eigenvalue weighted by Crippen LogP contribution is -2.35. The number of hydrogen-bond acceptors (Lipinski definition) is 5. The van der Waals surface area contributed by atoms with E-state index in [1.54, 1.807) is 28.5 Å². The number of aliphatic hydroxyl groups excluding tert-OH is 1. The van der Waals surface area contributed by atoms with Gasteiger partial charge in [-0.05, 0) is 42.2 Å². The van der Waals surface area contributed by atoms with Gasteiger partial charge >= 0.3 is 0 Å². The van der Waals surface area contributed by atoms with E-state index in [4.69, 9.17) is 0 Å². The Morgan fingerprint density at radius 3 is 2.82 bits per heavy atom. The molecule has 7 nitrogen and oxygen atoms in total. The number of nitrogens with zero attached hydrogens (tertiary/aromatic N) is 5. The molecule has 1 N–H and O–H groups in total. The third-order valence-electron chi connectivity index (χ3n) is 6.18. The monoisotopic (exact) mass is 397 g/mol. The SMILES string of the molecule is Cn1nc(-c2cccs2)cc1C(=O)N1C[C@H]2C[C@@H](n3ccnc3)[C@H](O)C[C@H]2C1. The Hall–Kier alpha value is -2.45. The maximum atomic E-state index is 13.2. The molecule has 28 heavy (non-hydrogen) atoms. The minimum Gasteiger partial charge on any atom is -0.391 e. The van der Waals surface area contributed by atoms with E-state index < -0.39 is 6.10 Å². The second-order valence-electron chi connectivity index (χ2n) is 7.86. The molecule has 1 saturated carbocycles. The zero-order chi connectivity index (χ0) is 19.3. The number of thiophene rings is 1. The maximum Gasteiger partial charge on any atom is 0.272 e. The van der Waals surface area contributed by atoms with Crippen molar-refractivity contribution in [1.29, 1.82) is 0 Å². The Morgan fingerprint density at radius 2 is 2.11 bits per heavy atom. The predicted octanol–water partition coefficient (Wildman–Crippen LogP) is 2.43. The fourth-order valence-electron chi connectivity index (χ4n) is 4.73. The van der Waals surface area contributed by atoms with E-state index in [2.05, 4.69) is 10.1 Å². The normalized spacial score (nSPS) is 27.1. The average Bonchev–Trinajstić information content (AvgIpc) is 3.45. The number of aliphatic hydroxyl groups is 1. The number of hydrogen-bond donors (Lipinski definition) is 1. The van der Waals surface area contributed by atoms with E-state index >= 15 is 0 Å². The van der Waals surface area contributed by atoms with E-state index in [9.17, 15) is 9.90 Å². The molecule has 1 aliphatic carbocycles. The number of amides is 1. The maximum absolute atomic E-state index is 13.2. The van der Waals surface area contributed by atoms with Crippen LogP contribution >= 0.6 is 11.3 Å². The van der Waals surface area contributed by atoms with Crippen LogP contribution in [0.15, 0.2) is 42.3 Å². The van der Waals surface area contributed by atoms with Crippen LogP contribution in [0, 0.1) is 11.8 Å². The van der Waals surface area contributed by atoms with Gasteiger partial charge in [-0.25, -0.2) is 4.98 Å². The van der Waals surface area contributed by atoms with Gasteiger partial charge in [-0.1, -0.05) is 6.07 Å². The van der Waals surface area contributed by atoms with Crippen LogP contribution in [0.2, 0.25) is 0 Å². The molecule has 3 aromatic rings. The van der Waals surface area contributed by atoms with Crippen molar-refractivity contribution in [3.05, 3.63) is 48.0 Å².